The molecule has 1 saturated carbocycles. The maximum atomic E-state index is 6.53. The minimum absolute atomic E-state index is 0.0170. The van der Waals surface area contributed by atoms with Gasteiger partial charge in [0, 0.05) is 49.9 Å². The van der Waals surface area contributed by atoms with Crippen LogP contribution in [0.1, 0.15) is 58.8 Å². The van der Waals surface area contributed by atoms with E-state index < -0.39 is 0 Å². The van der Waals surface area contributed by atoms with E-state index in [2.05, 4.69) is 54.5 Å². The van der Waals surface area contributed by atoms with E-state index in [1.54, 1.807) is 0 Å². The Hall–Kier alpha value is -1.72. The van der Waals surface area contributed by atoms with Gasteiger partial charge in [-0.15, -0.1) is 0 Å². The summed E-state index contributed by atoms with van der Waals surface area (Å²) in [6.45, 7) is 13.7. The summed E-state index contributed by atoms with van der Waals surface area (Å²) < 4.78 is 19.0. The van der Waals surface area contributed by atoms with E-state index in [0.717, 1.165) is 50.5 Å². The molecule has 4 rings (SSSR count). The summed E-state index contributed by atoms with van der Waals surface area (Å²) in [4.78, 5) is 4.78. The van der Waals surface area contributed by atoms with Crippen LogP contribution in [0.25, 0.3) is 0 Å². The maximum Gasteiger partial charge on any atom is 0.171 e. The van der Waals surface area contributed by atoms with Crippen LogP contribution in [0.3, 0.4) is 0 Å². The molecule has 2 atom stereocenters. The number of allylic oxidation sites excluding steroid dienone is 1. The van der Waals surface area contributed by atoms with Gasteiger partial charge < -0.3 is 24.0 Å². The lowest BCUT2D eigenvalue weighted by molar-refractivity contribution is -0.217. The lowest BCUT2D eigenvalue weighted by Crippen LogP contribution is -2.45. The van der Waals surface area contributed by atoms with Crippen LogP contribution in [0.4, 0.5) is 5.69 Å². The van der Waals surface area contributed by atoms with Gasteiger partial charge in [-0.05, 0) is 44.0 Å². The second kappa shape index (κ2) is 10.3. The first-order valence-corrected chi connectivity index (χ1v) is 12.3. The molecule has 0 bridgehead atoms. The van der Waals surface area contributed by atoms with E-state index in [0.29, 0.717) is 19.1 Å². The summed E-state index contributed by atoms with van der Waals surface area (Å²) in [5.74, 6) is 1.06. The molecule has 1 aromatic carbocycles. The molecule has 2 saturated heterocycles. The third-order valence-electron chi connectivity index (χ3n) is 7.16. The lowest BCUT2D eigenvalue weighted by Gasteiger charge is -2.38. The second-order valence-corrected chi connectivity index (χ2v) is 9.46. The molecular formula is C26H40N2O3. The molecule has 0 radical (unpaired) electrons. The lowest BCUT2D eigenvalue weighted by atomic mass is 9.81. The minimum atomic E-state index is -0.376. The van der Waals surface area contributed by atoms with Gasteiger partial charge in [-0.2, -0.15) is 0 Å². The van der Waals surface area contributed by atoms with Crippen molar-refractivity contribution in [2.45, 2.75) is 70.7 Å². The van der Waals surface area contributed by atoms with Crippen molar-refractivity contribution >= 4 is 5.69 Å². The van der Waals surface area contributed by atoms with Gasteiger partial charge in [-0.25, -0.2) is 0 Å². The molecule has 2 heterocycles. The van der Waals surface area contributed by atoms with Gasteiger partial charge in [0.15, 0.2) is 5.79 Å². The molecule has 172 valence electrons. The Morgan fingerprint density at radius 1 is 1.10 bits per heavy atom. The second-order valence-electron chi connectivity index (χ2n) is 9.46. The van der Waals surface area contributed by atoms with Crippen LogP contribution in [0.15, 0.2) is 36.5 Å². The zero-order valence-corrected chi connectivity index (χ0v) is 19.5. The average Bonchev–Trinajstić information content (AvgIpc) is 3.23. The molecule has 5 heteroatoms. The summed E-state index contributed by atoms with van der Waals surface area (Å²) in [5.41, 5.74) is 2.42. The standard InChI is InChI=1S/C26H40N2O3/c1-4-14-26(22-8-6-5-7-9-22)30-20-25(31-26)19-29-24-12-10-23(11-13-24)28-17-15-27(16-18-28)21(2)3/h10-13,22,25H,2,4-9,14-20H2,1,3H3. The van der Waals surface area contributed by atoms with Crippen molar-refractivity contribution in [1.29, 1.82) is 0 Å². The van der Waals surface area contributed by atoms with Gasteiger partial charge in [-0.3, -0.25) is 0 Å². The predicted molar refractivity (Wildman–Crippen MR) is 126 cm³/mol. The van der Waals surface area contributed by atoms with E-state index in [1.165, 1.54) is 37.8 Å². The number of rotatable bonds is 8. The van der Waals surface area contributed by atoms with E-state index in [1.807, 2.05) is 0 Å². The molecule has 31 heavy (non-hydrogen) atoms. The number of piperazine rings is 1. The summed E-state index contributed by atoms with van der Waals surface area (Å²) in [6, 6.07) is 8.50. The molecule has 3 aliphatic rings. The van der Waals surface area contributed by atoms with Gasteiger partial charge in [0.25, 0.3) is 0 Å². The summed E-state index contributed by atoms with van der Waals surface area (Å²) in [5, 5.41) is 0. The summed E-state index contributed by atoms with van der Waals surface area (Å²) in [6.07, 6.45) is 8.52. The van der Waals surface area contributed by atoms with Crippen LogP contribution < -0.4 is 9.64 Å². The molecule has 2 aliphatic heterocycles. The monoisotopic (exact) mass is 428 g/mol. The zero-order chi connectivity index (χ0) is 21.7. The highest BCUT2D eigenvalue weighted by atomic mass is 16.8. The van der Waals surface area contributed by atoms with Crippen LogP contribution in [0, 0.1) is 5.92 Å². The normalized spacial score (nSPS) is 27.5. The Bertz CT molecular complexity index is 708. The molecule has 0 aromatic heterocycles. The quantitative estimate of drug-likeness (QED) is 0.568. The van der Waals surface area contributed by atoms with E-state index in [9.17, 15) is 0 Å². The topological polar surface area (TPSA) is 34.2 Å². The van der Waals surface area contributed by atoms with Crippen molar-refractivity contribution in [3.05, 3.63) is 36.5 Å². The molecular weight excluding hydrogens is 388 g/mol. The SMILES string of the molecule is C=C(C)N1CCN(c2ccc(OCC3COC(CCC)(C4CCCCC4)O3)cc2)CC1. The fraction of sp³-hybridized carbons (Fsp3) is 0.692. The number of nitrogens with zero attached hydrogens (tertiary/aromatic N) is 2. The van der Waals surface area contributed by atoms with Crippen molar-refractivity contribution in [3.63, 3.8) is 0 Å². The molecule has 1 aromatic rings. The summed E-state index contributed by atoms with van der Waals surface area (Å²) >= 11 is 0. The van der Waals surface area contributed by atoms with Crippen LogP contribution in [-0.4, -0.2) is 56.2 Å². The molecule has 5 nitrogen and oxygen atoms in total. The van der Waals surface area contributed by atoms with Crippen LogP contribution in [0.2, 0.25) is 0 Å². The van der Waals surface area contributed by atoms with Crippen molar-refractivity contribution in [1.82, 2.24) is 4.90 Å². The molecule has 3 fully saturated rings. The van der Waals surface area contributed by atoms with Crippen molar-refractivity contribution in [2.75, 3.05) is 44.3 Å². The molecule has 0 amide bonds. The number of anilines is 1. The van der Waals surface area contributed by atoms with Crippen molar-refractivity contribution < 1.29 is 14.2 Å². The number of ether oxygens (including phenoxy) is 3. The van der Waals surface area contributed by atoms with Gasteiger partial charge in [0.2, 0.25) is 0 Å². The molecule has 2 unspecified atom stereocenters. The first kappa shape index (κ1) is 22.5. The van der Waals surface area contributed by atoms with E-state index in [-0.39, 0.29) is 11.9 Å². The Morgan fingerprint density at radius 3 is 2.45 bits per heavy atom. The Morgan fingerprint density at radius 2 is 1.81 bits per heavy atom. The molecule has 1 aliphatic carbocycles. The first-order chi connectivity index (χ1) is 15.1. The van der Waals surface area contributed by atoms with Gasteiger partial charge in [-0.1, -0.05) is 39.2 Å². The molecule has 0 spiro atoms. The minimum Gasteiger partial charge on any atom is -0.491 e. The fourth-order valence-corrected chi connectivity index (χ4v) is 5.40. The third-order valence-corrected chi connectivity index (χ3v) is 7.16. The van der Waals surface area contributed by atoms with E-state index >= 15 is 0 Å². The number of hydrogen-bond acceptors (Lipinski definition) is 5. The summed E-state index contributed by atoms with van der Waals surface area (Å²) in [7, 11) is 0. The maximum absolute atomic E-state index is 6.53. The van der Waals surface area contributed by atoms with Gasteiger partial charge in [0.1, 0.15) is 18.5 Å². The average molecular weight is 429 g/mol. The smallest absolute Gasteiger partial charge is 0.171 e. The third kappa shape index (κ3) is 5.38. The molecule has 0 N–H and O–H groups in total. The van der Waals surface area contributed by atoms with Crippen LogP contribution in [0.5, 0.6) is 5.75 Å². The zero-order valence-electron chi connectivity index (χ0n) is 19.5. The van der Waals surface area contributed by atoms with Crippen LogP contribution in [-0.2, 0) is 9.47 Å². The highest BCUT2D eigenvalue weighted by molar-refractivity contribution is 5.49. The Labute approximate surface area is 188 Å². The predicted octanol–water partition coefficient (Wildman–Crippen LogP) is 5.21. The fourth-order valence-electron chi connectivity index (χ4n) is 5.40. The first-order valence-electron chi connectivity index (χ1n) is 12.3. The van der Waals surface area contributed by atoms with Crippen molar-refractivity contribution in [3.8, 4) is 5.75 Å². The highest BCUT2D eigenvalue weighted by Crippen LogP contribution is 2.42. The van der Waals surface area contributed by atoms with Gasteiger partial charge >= 0.3 is 0 Å². The van der Waals surface area contributed by atoms with E-state index in [4.69, 9.17) is 14.2 Å². The highest BCUT2D eigenvalue weighted by Gasteiger charge is 2.47. The van der Waals surface area contributed by atoms with Crippen LogP contribution >= 0.6 is 0 Å². The number of hydrogen-bond donors (Lipinski definition) is 0. The largest absolute Gasteiger partial charge is 0.491 e. The Kier molecular flexibility index (Phi) is 7.44. The van der Waals surface area contributed by atoms with Gasteiger partial charge in [0.05, 0.1) is 6.61 Å². The Balaban J connectivity index is 1.27. The number of benzene rings is 1. The van der Waals surface area contributed by atoms with Crippen molar-refractivity contribution in [2.24, 2.45) is 5.92 Å².